The summed E-state index contributed by atoms with van der Waals surface area (Å²) in [6.07, 6.45) is 0. The third-order valence-electron chi connectivity index (χ3n) is 6.32. The molecule has 4 rings (SSSR count). The van der Waals surface area contributed by atoms with Crippen LogP contribution < -0.4 is 15.5 Å². The molecule has 176 valence electrons. The lowest BCUT2D eigenvalue weighted by molar-refractivity contribution is -0.115. The van der Waals surface area contributed by atoms with E-state index in [4.69, 9.17) is 0 Å². The van der Waals surface area contributed by atoms with E-state index in [2.05, 4.69) is 50.8 Å². The van der Waals surface area contributed by atoms with Crippen LogP contribution in [0, 0.1) is 13.8 Å². The number of anilines is 2. The summed E-state index contributed by atoms with van der Waals surface area (Å²) in [5.41, 5.74) is 5.96. The molecule has 1 heterocycles. The first-order valence-corrected chi connectivity index (χ1v) is 11.7. The zero-order valence-electron chi connectivity index (χ0n) is 19.9. The lowest BCUT2D eigenvalue weighted by atomic mass is 10.1. The summed E-state index contributed by atoms with van der Waals surface area (Å²) in [6.45, 7) is 8.87. The molecule has 2 N–H and O–H groups in total. The van der Waals surface area contributed by atoms with E-state index in [1.165, 1.54) is 5.56 Å². The lowest BCUT2D eigenvalue weighted by Gasteiger charge is -2.36. The van der Waals surface area contributed by atoms with E-state index in [1.54, 1.807) is 6.07 Å². The highest BCUT2D eigenvalue weighted by Crippen LogP contribution is 2.20. The van der Waals surface area contributed by atoms with Crippen molar-refractivity contribution < 1.29 is 9.59 Å². The summed E-state index contributed by atoms with van der Waals surface area (Å²) >= 11 is 0. The fourth-order valence-corrected chi connectivity index (χ4v) is 4.11. The van der Waals surface area contributed by atoms with Gasteiger partial charge in [0.25, 0.3) is 5.91 Å². The molecule has 1 aliphatic heterocycles. The van der Waals surface area contributed by atoms with Crippen LogP contribution in [0.3, 0.4) is 0 Å². The Labute approximate surface area is 201 Å². The maximum Gasteiger partial charge on any atom is 0.251 e. The highest BCUT2D eigenvalue weighted by Gasteiger charge is 2.17. The molecule has 0 aliphatic carbocycles. The average molecular weight is 457 g/mol. The zero-order chi connectivity index (χ0) is 23.9. The van der Waals surface area contributed by atoms with Crippen molar-refractivity contribution in [2.24, 2.45) is 0 Å². The minimum atomic E-state index is -0.251. The van der Waals surface area contributed by atoms with Crippen LogP contribution in [0.4, 0.5) is 11.4 Å². The summed E-state index contributed by atoms with van der Waals surface area (Å²) in [5.74, 6) is -0.500. The van der Waals surface area contributed by atoms with Gasteiger partial charge in [-0.15, -0.1) is 0 Å². The average Bonchev–Trinajstić information content (AvgIpc) is 2.86. The highest BCUT2D eigenvalue weighted by atomic mass is 16.2. The van der Waals surface area contributed by atoms with Crippen molar-refractivity contribution in [1.29, 1.82) is 0 Å². The van der Waals surface area contributed by atoms with Gasteiger partial charge in [0.2, 0.25) is 5.91 Å². The Balaban J connectivity index is 1.22. The van der Waals surface area contributed by atoms with Crippen molar-refractivity contribution >= 4 is 23.2 Å². The molecule has 0 bridgehead atoms. The van der Waals surface area contributed by atoms with Crippen molar-refractivity contribution in [3.05, 3.63) is 95.1 Å². The largest absolute Gasteiger partial charge is 0.369 e. The number of nitrogens with one attached hydrogen (secondary N) is 2. The Bertz CT molecular complexity index is 1120. The van der Waals surface area contributed by atoms with Gasteiger partial charge in [-0.2, -0.15) is 0 Å². The second-order valence-electron chi connectivity index (χ2n) is 8.83. The molecule has 2 amide bonds. The topological polar surface area (TPSA) is 64.7 Å². The summed E-state index contributed by atoms with van der Waals surface area (Å²) in [7, 11) is 0. The second-order valence-corrected chi connectivity index (χ2v) is 8.83. The Morgan fingerprint density at radius 2 is 1.53 bits per heavy atom. The zero-order valence-corrected chi connectivity index (χ0v) is 19.9. The Morgan fingerprint density at radius 1 is 0.824 bits per heavy atom. The molecule has 0 spiro atoms. The molecule has 34 heavy (non-hydrogen) atoms. The number of aryl methyl sites for hydroxylation is 2. The molecule has 0 atom stereocenters. The number of hydrogen-bond donors (Lipinski definition) is 2. The van der Waals surface area contributed by atoms with E-state index < -0.39 is 0 Å². The summed E-state index contributed by atoms with van der Waals surface area (Å²) in [6, 6.07) is 24.0. The third-order valence-corrected chi connectivity index (χ3v) is 6.32. The quantitative estimate of drug-likeness (QED) is 0.564. The maximum absolute atomic E-state index is 12.3. The van der Waals surface area contributed by atoms with Gasteiger partial charge in [-0.1, -0.05) is 36.4 Å². The van der Waals surface area contributed by atoms with E-state index in [-0.39, 0.29) is 18.4 Å². The summed E-state index contributed by atoms with van der Waals surface area (Å²) in [5, 5.41) is 5.54. The van der Waals surface area contributed by atoms with Crippen molar-refractivity contribution in [2.75, 3.05) is 42.9 Å². The van der Waals surface area contributed by atoms with Crippen molar-refractivity contribution in [2.45, 2.75) is 20.4 Å². The molecule has 1 fully saturated rings. The van der Waals surface area contributed by atoms with Crippen LogP contribution >= 0.6 is 0 Å². The predicted molar refractivity (Wildman–Crippen MR) is 137 cm³/mol. The first kappa shape index (κ1) is 23.5. The van der Waals surface area contributed by atoms with Gasteiger partial charge in [0.15, 0.2) is 0 Å². The number of carbonyl (C=O) groups excluding carboxylic acids is 2. The van der Waals surface area contributed by atoms with E-state index >= 15 is 0 Å². The third kappa shape index (κ3) is 6.23. The number of hydrogen-bond acceptors (Lipinski definition) is 4. The molecule has 6 heteroatoms. The van der Waals surface area contributed by atoms with E-state index in [9.17, 15) is 9.59 Å². The molecular weight excluding hydrogens is 424 g/mol. The normalized spacial score (nSPS) is 14.0. The van der Waals surface area contributed by atoms with Crippen LogP contribution in [0.15, 0.2) is 72.8 Å². The predicted octanol–water partition coefficient (Wildman–Crippen LogP) is 3.99. The van der Waals surface area contributed by atoms with Gasteiger partial charge in [0.1, 0.15) is 0 Å². The van der Waals surface area contributed by atoms with E-state index in [1.807, 2.05) is 50.2 Å². The van der Waals surface area contributed by atoms with Gasteiger partial charge in [0, 0.05) is 49.7 Å². The van der Waals surface area contributed by atoms with Crippen LogP contribution in [0.25, 0.3) is 0 Å². The highest BCUT2D eigenvalue weighted by molar-refractivity contribution is 5.99. The summed E-state index contributed by atoms with van der Waals surface area (Å²) < 4.78 is 0. The Hall–Kier alpha value is -3.64. The minimum Gasteiger partial charge on any atom is -0.369 e. The van der Waals surface area contributed by atoms with Crippen LogP contribution in [-0.2, 0) is 11.3 Å². The Morgan fingerprint density at radius 3 is 2.21 bits per heavy atom. The molecule has 6 nitrogen and oxygen atoms in total. The fourth-order valence-electron chi connectivity index (χ4n) is 4.11. The SMILES string of the molecule is Cc1ccc(C(=O)NCC(=O)Nc2ccc(N3CCN(Cc4ccccc4)CC3)cc2)cc1C. The standard InChI is InChI=1S/C28H32N4O2/c1-21-8-9-24(18-22(21)2)28(34)29-19-27(33)30-25-10-12-26(13-11-25)32-16-14-31(15-17-32)20-23-6-4-3-5-7-23/h3-13,18H,14-17,19-20H2,1-2H3,(H,29,34)(H,30,33). The molecule has 3 aromatic rings. The Kier molecular flexibility index (Phi) is 7.60. The smallest absolute Gasteiger partial charge is 0.251 e. The van der Waals surface area contributed by atoms with Gasteiger partial charge >= 0.3 is 0 Å². The molecule has 0 saturated carbocycles. The molecule has 3 aromatic carbocycles. The van der Waals surface area contributed by atoms with Gasteiger partial charge < -0.3 is 15.5 Å². The molecule has 1 aliphatic rings. The van der Waals surface area contributed by atoms with Gasteiger partial charge in [-0.25, -0.2) is 0 Å². The van der Waals surface area contributed by atoms with Crippen LogP contribution in [0.5, 0.6) is 0 Å². The number of carbonyl (C=O) groups is 2. The molecular formula is C28H32N4O2. The molecule has 1 saturated heterocycles. The number of benzene rings is 3. The number of piperazine rings is 1. The van der Waals surface area contributed by atoms with E-state index in [0.717, 1.165) is 55.2 Å². The second kappa shape index (κ2) is 11.0. The minimum absolute atomic E-state index is 0.0725. The van der Waals surface area contributed by atoms with Crippen molar-refractivity contribution in [3.63, 3.8) is 0 Å². The molecule has 0 unspecified atom stereocenters. The first-order chi connectivity index (χ1) is 16.5. The van der Waals surface area contributed by atoms with Crippen molar-refractivity contribution in [3.8, 4) is 0 Å². The molecule has 0 aromatic heterocycles. The number of nitrogens with zero attached hydrogens (tertiary/aromatic N) is 2. The summed E-state index contributed by atoms with van der Waals surface area (Å²) in [4.78, 5) is 29.5. The van der Waals surface area contributed by atoms with Gasteiger partial charge in [0.05, 0.1) is 6.54 Å². The van der Waals surface area contributed by atoms with Gasteiger partial charge in [-0.05, 0) is 66.9 Å². The lowest BCUT2D eigenvalue weighted by Crippen LogP contribution is -2.45. The number of rotatable bonds is 7. The molecule has 0 radical (unpaired) electrons. The van der Waals surface area contributed by atoms with Crippen LogP contribution in [0.1, 0.15) is 27.0 Å². The van der Waals surface area contributed by atoms with Crippen LogP contribution in [0.2, 0.25) is 0 Å². The van der Waals surface area contributed by atoms with Crippen LogP contribution in [-0.4, -0.2) is 49.4 Å². The first-order valence-electron chi connectivity index (χ1n) is 11.7. The van der Waals surface area contributed by atoms with Crippen molar-refractivity contribution in [1.82, 2.24) is 10.2 Å². The van der Waals surface area contributed by atoms with Gasteiger partial charge in [-0.3, -0.25) is 14.5 Å². The fraction of sp³-hybridized carbons (Fsp3) is 0.286. The van der Waals surface area contributed by atoms with E-state index in [0.29, 0.717) is 5.56 Å². The monoisotopic (exact) mass is 456 g/mol. The number of amides is 2. The maximum atomic E-state index is 12.3.